The number of nitrogens with zero attached hydrogens (tertiary/aromatic N) is 1. The van der Waals surface area contributed by atoms with Crippen LogP contribution in [0.5, 0.6) is 0 Å². The van der Waals surface area contributed by atoms with Crippen LogP contribution in [0.1, 0.15) is 11.5 Å². The predicted molar refractivity (Wildman–Crippen MR) is 65.5 cm³/mol. The zero-order valence-electron chi connectivity index (χ0n) is 9.81. The fourth-order valence-corrected chi connectivity index (χ4v) is 1.66. The molecule has 5 heteroatoms. The number of aliphatic hydroxyl groups is 1. The van der Waals surface area contributed by atoms with Gasteiger partial charge in [0.2, 0.25) is 0 Å². The molecule has 0 amide bonds. The Labute approximate surface area is 99.6 Å². The number of fused-ring (bicyclic) bond motifs is 1. The lowest BCUT2D eigenvalue weighted by Gasteiger charge is -2.09. The molecule has 0 aliphatic carbocycles. The molecule has 2 aromatic rings. The highest BCUT2D eigenvalue weighted by Gasteiger charge is 2.04. The van der Waals surface area contributed by atoms with Crippen molar-refractivity contribution in [2.24, 2.45) is 5.73 Å². The number of aliphatic hydroxyl groups excluding tert-OH is 1. The van der Waals surface area contributed by atoms with E-state index in [2.05, 4.69) is 10.3 Å². The van der Waals surface area contributed by atoms with E-state index in [1.54, 1.807) is 0 Å². The Bertz CT molecular complexity index is 495. The number of rotatable bonds is 5. The highest BCUT2D eigenvalue weighted by atomic mass is 16.3. The summed E-state index contributed by atoms with van der Waals surface area (Å²) >= 11 is 0. The summed E-state index contributed by atoms with van der Waals surface area (Å²) in [6.07, 6.45) is 0. The van der Waals surface area contributed by atoms with Crippen LogP contribution in [0, 0.1) is 6.92 Å². The van der Waals surface area contributed by atoms with Gasteiger partial charge in [-0.15, -0.1) is 0 Å². The second-order valence-electron chi connectivity index (χ2n) is 4.11. The van der Waals surface area contributed by atoms with Crippen LogP contribution < -0.4 is 11.1 Å². The summed E-state index contributed by atoms with van der Waals surface area (Å²) in [6.45, 7) is 3.11. The minimum absolute atomic E-state index is 0.00661. The average Bonchev–Trinajstić information content (AvgIpc) is 2.68. The van der Waals surface area contributed by atoms with Gasteiger partial charge >= 0.3 is 0 Å². The minimum Gasteiger partial charge on any atom is -0.441 e. The lowest BCUT2D eigenvalue weighted by Crippen LogP contribution is -2.36. The van der Waals surface area contributed by atoms with Crippen molar-refractivity contribution >= 4 is 11.1 Å². The summed E-state index contributed by atoms with van der Waals surface area (Å²) in [7, 11) is 0. The summed E-state index contributed by atoms with van der Waals surface area (Å²) in [6, 6.07) is 5.69. The number of hydrogen-bond donors (Lipinski definition) is 3. The molecule has 1 aromatic heterocycles. The summed E-state index contributed by atoms with van der Waals surface area (Å²) in [5.74, 6) is 0.674. The molecule has 0 spiro atoms. The quantitative estimate of drug-likeness (QED) is 0.704. The van der Waals surface area contributed by atoms with Gasteiger partial charge in [-0.3, -0.25) is 0 Å². The zero-order valence-corrected chi connectivity index (χ0v) is 9.81. The number of oxazole rings is 1. The zero-order chi connectivity index (χ0) is 12.3. The van der Waals surface area contributed by atoms with E-state index in [1.807, 2.05) is 25.1 Å². The van der Waals surface area contributed by atoms with Crippen LogP contribution in [0.25, 0.3) is 11.1 Å². The molecule has 92 valence electrons. The first kappa shape index (κ1) is 12.0. The van der Waals surface area contributed by atoms with Gasteiger partial charge in [-0.1, -0.05) is 6.07 Å². The maximum absolute atomic E-state index is 8.79. The number of aromatic nitrogens is 1. The Hall–Kier alpha value is -1.43. The molecule has 1 aromatic carbocycles. The Morgan fingerprint density at radius 1 is 1.53 bits per heavy atom. The van der Waals surface area contributed by atoms with Crippen LogP contribution in [0.2, 0.25) is 0 Å². The minimum atomic E-state index is -0.216. The largest absolute Gasteiger partial charge is 0.441 e. The van der Waals surface area contributed by atoms with Crippen LogP contribution in [-0.4, -0.2) is 29.3 Å². The van der Waals surface area contributed by atoms with E-state index in [9.17, 15) is 0 Å². The molecule has 0 aliphatic rings. The van der Waals surface area contributed by atoms with E-state index < -0.39 is 0 Å². The third-order valence-electron chi connectivity index (χ3n) is 2.53. The Morgan fingerprint density at radius 2 is 2.35 bits per heavy atom. The molecule has 5 nitrogen and oxygen atoms in total. The first-order chi connectivity index (χ1) is 8.19. The van der Waals surface area contributed by atoms with Gasteiger partial charge in [0.15, 0.2) is 11.5 Å². The van der Waals surface area contributed by atoms with E-state index in [0.29, 0.717) is 19.0 Å². The highest BCUT2D eigenvalue weighted by Crippen LogP contribution is 2.16. The van der Waals surface area contributed by atoms with Crippen LogP contribution >= 0.6 is 0 Å². The van der Waals surface area contributed by atoms with Gasteiger partial charge < -0.3 is 20.6 Å². The van der Waals surface area contributed by atoms with Crippen LogP contribution in [-0.2, 0) is 6.54 Å². The third-order valence-corrected chi connectivity index (χ3v) is 2.53. The lowest BCUT2D eigenvalue weighted by atomic mass is 10.2. The molecule has 0 radical (unpaired) electrons. The molecule has 1 heterocycles. The monoisotopic (exact) mass is 235 g/mol. The highest BCUT2D eigenvalue weighted by molar-refractivity contribution is 5.73. The Kier molecular flexibility index (Phi) is 3.73. The molecule has 1 atom stereocenters. The van der Waals surface area contributed by atoms with E-state index in [4.69, 9.17) is 15.3 Å². The van der Waals surface area contributed by atoms with E-state index >= 15 is 0 Å². The molecule has 0 aliphatic heterocycles. The van der Waals surface area contributed by atoms with Crippen molar-refractivity contribution in [3.8, 4) is 0 Å². The average molecular weight is 235 g/mol. The molecular weight excluding hydrogens is 218 g/mol. The second-order valence-corrected chi connectivity index (χ2v) is 4.11. The van der Waals surface area contributed by atoms with Crippen LogP contribution in [0.3, 0.4) is 0 Å². The smallest absolute Gasteiger partial charge is 0.192 e. The molecule has 0 bridgehead atoms. The third kappa shape index (κ3) is 3.03. The van der Waals surface area contributed by atoms with Gasteiger partial charge in [0, 0.05) is 26.1 Å². The summed E-state index contributed by atoms with van der Waals surface area (Å²) in [4.78, 5) is 4.24. The first-order valence-corrected chi connectivity index (χ1v) is 5.62. The lowest BCUT2D eigenvalue weighted by molar-refractivity contribution is 0.262. The van der Waals surface area contributed by atoms with E-state index in [-0.39, 0.29) is 12.6 Å². The summed E-state index contributed by atoms with van der Waals surface area (Å²) in [5.41, 5.74) is 8.37. The topological polar surface area (TPSA) is 84.3 Å². The number of hydrogen-bond acceptors (Lipinski definition) is 5. The molecule has 2 rings (SSSR count). The van der Waals surface area contributed by atoms with Crippen molar-refractivity contribution in [1.82, 2.24) is 10.3 Å². The predicted octanol–water partition coefficient (Wildman–Crippen LogP) is 0.545. The second kappa shape index (κ2) is 5.27. The number of nitrogens with two attached hydrogens (primary N) is 1. The van der Waals surface area contributed by atoms with Crippen molar-refractivity contribution in [1.29, 1.82) is 0 Å². The van der Waals surface area contributed by atoms with Crippen molar-refractivity contribution < 1.29 is 9.52 Å². The molecule has 4 N–H and O–H groups in total. The van der Waals surface area contributed by atoms with Gasteiger partial charge in [0.1, 0.15) is 5.52 Å². The van der Waals surface area contributed by atoms with E-state index in [1.165, 1.54) is 0 Å². The van der Waals surface area contributed by atoms with Gasteiger partial charge in [0.05, 0.1) is 6.61 Å². The molecule has 0 saturated heterocycles. The van der Waals surface area contributed by atoms with Crippen molar-refractivity contribution in [3.63, 3.8) is 0 Å². The van der Waals surface area contributed by atoms with Gasteiger partial charge in [-0.25, -0.2) is 4.98 Å². The number of aryl methyl sites for hydroxylation is 1. The number of benzene rings is 1. The Morgan fingerprint density at radius 3 is 3.12 bits per heavy atom. The molecule has 0 fully saturated rings. The fourth-order valence-electron chi connectivity index (χ4n) is 1.66. The molecular formula is C12H17N3O2. The summed E-state index contributed by atoms with van der Waals surface area (Å²) < 4.78 is 5.45. The molecule has 1 unspecified atom stereocenters. The van der Waals surface area contributed by atoms with Gasteiger partial charge in [-0.2, -0.15) is 0 Å². The summed E-state index contributed by atoms with van der Waals surface area (Å²) in [5, 5.41) is 12.0. The molecule has 0 saturated carbocycles. The normalized spacial score (nSPS) is 13.1. The fraction of sp³-hybridized carbons (Fsp3) is 0.417. The molecule has 17 heavy (non-hydrogen) atoms. The number of nitrogens with one attached hydrogen (secondary N) is 1. The van der Waals surface area contributed by atoms with E-state index in [0.717, 1.165) is 16.7 Å². The van der Waals surface area contributed by atoms with Crippen molar-refractivity contribution in [3.05, 3.63) is 29.7 Å². The van der Waals surface area contributed by atoms with Crippen LogP contribution in [0.4, 0.5) is 0 Å². The van der Waals surface area contributed by atoms with Crippen molar-refractivity contribution in [2.75, 3.05) is 13.2 Å². The standard InChI is InChI=1S/C12H17N3O2/c1-8-15-11-3-2-9(4-12(11)17-8)5-14-6-10(13)7-16/h2-4,10,14,16H,5-7,13H2,1H3. The van der Waals surface area contributed by atoms with Crippen LogP contribution in [0.15, 0.2) is 22.6 Å². The maximum atomic E-state index is 8.79. The van der Waals surface area contributed by atoms with Gasteiger partial charge in [0.25, 0.3) is 0 Å². The maximum Gasteiger partial charge on any atom is 0.192 e. The Balaban J connectivity index is 1.99. The first-order valence-electron chi connectivity index (χ1n) is 5.62. The SMILES string of the molecule is Cc1nc2ccc(CNCC(N)CO)cc2o1. The van der Waals surface area contributed by atoms with Gasteiger partial charge in [-0.05, 0) is 17.7 Å². The van der Waals surface area contributed by atoms with Crippen molar-refractivity contribution in [2.45, 2.75) is 19.5 Å².